The van der Waals surface area contributed by atoms with Crippen molar-refractivity contribution in [3.63, 3.8) is 0 Å². The first-order valence-electron chi connectivity index (χ1n) is 3.91. The molecular weight excluding hydrogens is 182 g/mol. The molecule has 0 bridgehead atoms. The Bertz CT molecular complexity index is 265. The molecule has 13 heavy (non-hydrogen) atoms. The second kappa shape index (κ2) is 4.27. The highest BCUT2D eigenvalue weighted by Crippen LogP contribution is 2.07. The number of rotatable bonds is 4. The first-order valence-corrected chi connectivity index (χ1v) is 3.91. The minimum atomic E-state index is -2.78. The van der Waals surface area contributed by atoms with Gasteiger partial charge in [-0.15, -0.1) is 0 Å². The van der Waals surface area contributed by atoms with Crippen molar-refractivity contribution in [2.45, 2.75) is 32.3 Å². The van der Waals surface area contributed by atoms with Crippen molar-refractivity contribution in [1.29, 1.82) is 0 Å². The zero-order valence-electron chi connectivity index (χ0n) is 7.07. The van der Waals surface area contributed by atoms with Gasteiger partial charge in [-0.3, -0.25) is 0 Å². The summed E-state index contributed by atoms with van der Waals surface area (Å²) in [6.45, 7) is 1.82. The van der Waals surface area contributed by atoms with Crippen LogP contribution in [0.25, 0.3) is 0 Å². The van der Waals surface area contributed by atoms with Crippen LogP contribution in [0, 0.1) is 0 Å². The first-order chi connectivity index (χ1) is 6.13. The molecule has 1 aromatic rings. The number of aromatic nitrogens is 2. The van der Waals surface area contributed by atoms with Crippen LogP contribution in [0.3, 0.4) is 0 Å². The van der Waals surface area contributed by atoms with E-state index in [0.29, 0.717) is 12.2 Å². The topological polar surface area (TPSA) is 59.2 Å². The van der Waals surface area contributed by atoms with Gasteiger partial charge in [0.25, 0.3) is 6.43 Å². The summed E-state index contributed by atoms with van der Waals surface area (Å²) < 4.78 is 28.3. The average Bonchev–Trinajstić information content (AvgIpc) is 2.52. The Labute approximate surface area is 73.6 Å². The van der Waals surface area contributed by atoms with Crippen molar-refractivity contribution < 1.29 is 18.4 Å². The molecule has 1 heterocycles. The molecule has 1 aromatic heterocycles. The summed E-state index contributed by atoms with van der Waals surface area (Å²) in [7, 11) is 0. The number of nitrogens with zero attached hydrogens (tertiary/aromatic N) is 2. The van der Waals surface area contributed by atoms with Gasteiger partial charge in [-0.25, -0.2) is 8.78 Å². The van der Waals surface area contributed by atoms with Gasteiger partial charge in [-0.05, 0) is 0 Å². The maximum absolute atomic E-state index is 11.9. The maximum atomic E-state index is 11.9. The van der Waals surface area contributed by atoms with E-state index in [1.807, 2.05) is 6.92 Å². The van der Waals surface area contributed by atoms with Gasteiger partial charge in [0.1, 0.15) is 6.10 Å². The molecule has 0 aliphatic heterocycles. The summed E-state index contributed by atoms with van der Waals surface area (Å²) in [6, 6.07) is 0. The van der Waals surface area contributed by atoms with Crippen molar-refractivity contribution in [2.75, 3.05) is 0 Å². The van der Waals surface area contributed by atoms with E-state index in [1.54, 1.807) is 0 Å². The molecule has 1 rings (SSSR count). The third-order valence-electron chi connectivity index (χ3n) is 1.50. The molecule has 74 valence electrons. The van der Waals surface area contributed by atoms with Crippen molar-refractivity contribution in [3.05, 3.63) is 11.7 Å². The first kappa shape index (κ1) is 10.0. The van der Waals surface area contributed by atoms with Crippen molar-refractivity contribution in [3.8, 4) is 0 Å². The van der Waals surface area contributed by atoms with Crippen LogP contribution in [0.2, 0.25) is 0 Å². The third-order valence-corrected chi connectivity index (χ3v) is 1.50. The fourth-order valence-corrected chi connectivity index (χ4v) is 0.785. The van der Waals surface area contributed by atoms with Gasteiger partial charge in [-0.1, -0.05) is 12.1 Å². The van der Waals surface area contributed by atoms with Gasteiger partial charge in [0.05, 0.1) is 6.42 Å². The lowest BCUT2D eigenvalue weighted by molar-refractivity contribution is -0.00754. The van der Waals surface area contributed by atoms with Crippen LogP contribution < -0.4 is 0 Å². The van der Waals surface area contributed by atoms with Crippen LogP contribution in [-0.2, 0) is 12.8 Å². The number of aryl methyl sites for hydroxylation is 1. The standard InChI is InChI=1S/C7H10F2N2O2/c1-2-5-10-6(13-11-5)3-4(12)7(8)9/h4,7,12H,2-3H2,1H3. The number of halogens is 2. The lowest BCUT2D eigenvalue weighted by atomic mass is 10.2. The lowest BCUT2D eigenvalue weighted by Crippen LogP contribution is -2.20. The zero-order valence-corrected chi connectivity index (χ0v) is 7.07. The summed E-state index contributed by atoms with van der Waals surface area (Å²) in [5, 5.41) is 12.3. The molecule has 1 N–H and O–H groups in total. The fraction of sp³-hybridized carbons (Fsp3) is 0.714. The predicted molar refractivity (Wildman–Crippen MR) is 39.4 cm³/mol. The van der Waals surface area contributed by atoms with E-state index in [-0.39, 0.29) is 12.3 Å². The second-order valence-electron chi connectivity index (χ2n) is 2.56. The van der Waals surface area contributed by atoms with E-state index < -0.39 is 12.5 Å². The summed E-state index contributed by atoms with van der Waals surface area (Å²) in [5.74, 6) is 0.501. The molecule has 0 aromatic carbocycles. The van der Waals surface area contributed by atoms with E-state index >= 15 is 0 Å². The van der Waals surface area contributed by atoms with Crippen LogP contribution >= 0.6 is 0 Å². The van der Waals surface area contributed by atoms with Crippen LogP contribution in [0.1, 0.15) is 18.6 Å². The molecule has 0 saturated heterocycles. The highest BCUT2D eigenvalue weighted by molar-refractivity contribution is 4.87. The molecular formula is C7H10F2N2O2. The molecule has 0 amide bonds. The SMILES string of the molecule is CCc1noc(CC(O)C(F)F)n1. The lowest BCUT2D eigenvalue weighted by Gasteiger charge is -2.04. The van der Waals surface area contributed by atoms with Gasteiger partial charge in [0.15, 0.2) is 5.82 Å². The predicted octanol–water partition coefficient (Wildman–Crippen LogP) is 0.800. The van der Waals surface area contributed by atoms with E-state index in [0.717, 1.165) is 0 Å². The number of hydrogen-bond donors (Lipinski definition) is 1. The number of aliphatic hydroxyl groups is 1. The average molecular weight is 192 g/mol. The largest absolute Gasteiger partial charge is 0.387 e. The Hall–Kier alpha value is -1.04. The van der Waals surface area contributed by atoms with Crippen LogP contribution in [0.15, 0.2) is 4.52 Å². The van der Waals surface area contributed by atoms with Gasteiger partial charge in [0, 0.05) is 6.42 Å². The highest BCUT2D eigenvalue weighted by atomic mass is 19.3. The molecule has 1 unspecified atom stereocenters. The van der Waals surface area contributed by atoms with Crippen LogP contribution in [-0.4, -0.2) is 27.8 Å². The molecule has 1 atom stereocenters. The quantitative estimate of drug-likeness (QED) is 0.766. The van der Waals surface area contributed by atoms with E-state index in [2.05, 4.69) is 14.7 Å². The Morgan fingerprint density at radius 2 is 2.23 bits per heavy atom. The minimum Gasteiger partial charge on any atom is -0.387 e. The molecule has 0 fully saturated rings. The Kier molecular flexibility index (Phi) is 3.30. The molecule has 6 heteroatoms. The number of hydrogen-bond acceptors (Lipinski definition) is 4. The van der Waals surface area contributed by atoms with Crippen molar-refractivity contribution in [2.24, 2.45) is 0 Å². The van der Waals surface area contributed by atoms with Gasteiger partial charge in [-0.2, -0.15) is 4.98 Å². The second-order valence-corrected chi connectivity index (χ2v) is 2.56. The third kappa shape index (κ3) is 2.73. The monoisotopic (exact) mass is 192 g/mol. The van der Waals surface area contributed by atoms with E-state index in [4.69, 9.17) is 5.11 Å². The fourth-order valence-electron chi connectivity index (χ4n) is 0.785. The van der Waals surface area contributed by atoms with Gasteiger partial charge >= 0.3 is 0 Å². The summed E-state index contributed by atoms with van der Waals surface area (Å²) in [6.07, 6.45) is -4.24. The summed E-state index contributed by atoms with van der Waals surface area (Å²) >= 11 is 0. The van der Waals surface area contributed by atoms with E-state index in [9.17, 15) is 8.78 Å². The van der Waals surface area contributed by atoms with Crippen LogP contribution in [0.4, 0.5) is 8.78 Å². The van der Waals surface area contributed by atoms with Gasteiger partial charge in [0.2, 0.25) is 5.89 Å². The van der Waals surface area contributed by atoms with E-state index in [1.165, 1.54) is 0 Å². The Morgan fingerprint density at radius 3 is 2.69 bits per heavy atom. The molecule has 0 spiro atoms. The van der Waals surface area contributed by atoms with Crippen molar-refractivity contribution in [1.82, 2.24) is 10.1 Å². The highest BCUT2D eigenvalue weighted by Gasteiger charge is 2.20. The zero-order chi connectivity index (χ0) is 9.84. The smallest absolute Gasteiger partial charge is 0.264 e. The molecule has 0 saturated carbocycles. The van der Waals surface area contributed by atoms with Crippen molar-refractivity contribution >= 4 is 0 Å². The molecule has 0 aliphatic rings. The number of aliphatic hydroxyl groups excluding tert-OH is 1. The Balaban J connectivity index is 2.53. The molecule has 0 radical (unpaired) electrons. The van der Waals surface area contributed by atoms with Gasteiger partial charge < -0.3 is 9.63 Å². The Morgan fingerprint density at radius 1 is 1.54 bits per heavy atom. The van der Waals surface area contributed by atoms with Crippen LogP contribution in [0.5, 0.6) is 0 Å². The minimum absolute atomic E-state index is 0.0460. The molecule has 4 nitrogen and oxygen atoms in total. The summed E-state index contributed by atoms with van der Waals surface area (Å²) in [4.78, 5) is 3.78. The summed E-state index contributed by atoms with van der Waals surface area (Å²) in [5.41, 5.74) is 0. The normalized spacial score (nSPS) is 13.6. The maximum Gasteiger partial charge on any atom is 0.264 e. The number of alkyl halides is 2. The molecule has 0 aliphatic carbocycles.